The quantitative estimate of drug-likeness (QED) is 0.471. The van der Waals surface area contributed by atoms with Gasteiger partial charge in [0.05, 0.1) is 6.04 Å². The summed E-state index contributed by atoms with van der Waals surface area (Å²) in [6.07, 6.45) is 1.65. The van der Waals surface area contributed by atoms with Gasteiger partial charge in [-0.2, -0.15) is 23.5 Å². The number of halogens is 3. The smallest absolute Gasteiger partial charge is 0.310 e. The molecule has 3 atom stereocenters. The molecule has 0 saturated heterocycles. The van der Waals surface area contributed by atoms with Gasteiger partial charge < -0.3 is 4.98 Å². The Kier molecular flexibility index (Phi) is 5.35. The van der Waals surface area contributed by atoms with Gasteiger partial charge in [-0.15, -0.1) is 0 Å². The summed E-state index contributed by atoms with van der Waals surface area (Å²) in [5, 5.41) is 13.8. The summed E-state index contributed by atoms with van der Waals surface area (Å²) in [7, 11) is 0. The molecule has 178 valence electrons. The van der Waals surface area contributed by atoms with E-state index in [1.807, 2.05) is 13.0 Å². The van der Waals surface area contributed by atoms with Crippen LogP contribution in [-0.2, 0) is 6.18 Å². The van der Waals surface area contributed by atoms with Crippen LogP contribution in [0.5, 0.6) is 0 Å². The van der Waals surface area contributed by atoms with Gasteiger partial charge in [-0.25, -0.2) is 19.6 Å². The Balaban J connectivity index is 1.56. The van der Waals surface area contributed by atoms with Crippen molar-refractivity contribution in [1.29, 1.82) is 5.26 Å². The summed E-state index contributed by atoms with van der Waals surface area (Å²) in [5.41, 5.74) is -0.0757. The van der Waals surface area contributed by atoms with Crippen molar-refractivity contribution in [3.8, 4) is 6.07 Å². The predicted molar refractivity (Wildman–Crippen MR) is 117 cm³/mol. The van der Waals surface area contributed by atoms with E-state index in [2.05, 4.69) is 30.0 Å². The molecule has 1 fully saturated rings. The fourth-order valence-corrected chi connectivity index (χ4v) is 4.28. The van der Waals surface area contributed by atoms with E-state index in [-0.39, 0.29) is 28.6 Å². The second-order valence-electron chi connectivity index (χ2n) is 8.61. The summed E-state index contributed by atoms with van der Waals surface area (Å²) < 4.78 is 40.1. The van der Waals surface area contributed by atoms with Gasteiger partial charge >= 0.3 is 6.18 Å². The van der Waals surface area contributed by atoms with Crippen LogP contribution in [-0.4, -0.2) is 34.7 Å². The Morgan fingerprint density at radius 2 is 1.86 bits per heavy atom. The van der Waals surface area contributed by atoms with Crippen LogP contribution in [0, 0.1) is 18.3 Å². The summed E-state index contributed by atoms with van der Waals surface area (Å²) in [6, 6.07) is 3.46. The maximum atomic E-state index is 13.0. The van der Waals surface area contributed by atoms with Gasteiger partial charge in [0.15, 0.2) is 11.3 Å². The van der Waals surface area contributed by atoms with Crippen LogP contribution in [0.1, 0.15) is 71.8 Å². The lowest BCUT2D eigenvalue weighted by molar-refractivity contribution is -0.141. The van der Waals surface area contributed by atoms with Gasteiger partial charge in [0.25, 0.3) is 5.56 Å². The van der Waals surface area contributed by atoms with Crippen molar-refractivity contribution in [3.63, 3.8) is 0 Å². The molecular weight excluding hydrogens is 461 g/mol. The molecular formula is C23H19F3N8O. The first-order valence-electron chi connectivity index (χ1n) is 10.9. The summed E-state index contributed by atoms with van der Waals surface area (Å²) >= 11 is 0. The molecule has 35 heavy (non-hydrogen) atoms. The SMILES string of the molecule is Cc1cnc([C@H]2CC[C@@H]2c2nc3c(c(C#N)nn3C(C)c3ccc(C(F)(F)F)nc3)c(=O)[nH]2)nc1. The Labute approximate surface area is 196 Å². The van der Waals surface area contributed by atoms with Crippen molar-refractivity contribution < 1.29 is 13.2 Å². The molecule has 0 amide bonds. The molecule has 0 aromatic carbocycles. The second kappa shape index (κ2) is 8.26. The number of nitrogens with zero attached hydrogens (tertiary/aromatic N) is 7. The van der Waals surface area contributed by atoms with Crippen molar-refractivity contribution in [3.05, 3.63) is 75.2 Å². The van der Waals surface area contributed by atoms with Crippen molar-refractivity contribution in [2.75, 3.05) is 0 Å². The first-order chi connectivity index (χ1) is 16.7. The summed E-state index contributed by atoms with van der Waals surface area (Å²) in [5.74, 6) is 0.975. The van der Waals surface area contributed by atoms with Gasteiger partial charge in [-0.05, 0) is 43.9 Å². The van der Waals surface area contributed by atoms with Crippen LogP contribution < -0.4 is 5.56 Å². The fourth-order valence-electron chi connectivity index (χ4n) is 4.28. The zero-order valence-electron chi connectivity index (χ0n) is 18.7. The van der Waals surface area contributed by atoms with E-state index >= 15 is 0 Å². The van der Waals surface area contributed by atoms with Crippen LogP contribution in [0.3, 0.4) is 0 Å². The lowest BCUT2D eigenvalue weighted by atomic mass is 9.72. The number of H-pyrrole nitrogens is 1. The molecule has 1 N–H and O–H groups in total. The average Bonchev–Trinajstić information content (AvgIpc) is 3.18. The molecule has 4 aromatic rings. The molecule has 5 rings (SSSR count). The number of aryl methyl sites for hydroxylation is 1. The Morgan fingerprint density at radius 1 is 1.14 bits per heavy atom. The second-order valence-corrected chi connectivity index (χ2v) is 8.61. The topological polar surface area (TPSA) is 126 Å². The zero-order chi connectivity index (χ0) is 24.9. The number of nitriles is 1. The molecule has 0 aliphatic heterocycles. The lowest BCUT2D eigenvalue weighted by Gasteiger charge is -2.34. The third-order valence-corrected chi connectivity index (χ3v) is 6.37. The molecule has 0 radical (unpaired) electrons. The van der Waals surface area contributed by atoms with Crippen LogP contribution in [0.4, 0.5) is 13.2 Å². The maximum Gasteiger partial charge on any atom is 0.433 e. The van der Waals surface area contributed by atoms with E-state index < -0.39 is 23.5 Å². The number of aromatic amines is 1. The highest BCUT2D eigenvalue weighted by Gasteiger charge is 2.38. The predicted octanol–water partition coefficient (Wildman–Crippen LogP) is 3.77. The van der Waals surface area contributed by atoms with Crippen molar-refractivity contribution in [2.45, 2.75) is 50.7 Å². The van der Waals surface area contributed by atoms with Gasteiger partial charge in [0, 0.05) is 30.4 Å². The molecule has 9 nitrogen and oxygen atoms in total. The summed E-state index contributed by atoms with van der Waals surface area (Å²) in [4.78, 5) is 32.7. The van der Waals surface area contributed by atoms with Crippen LogP contribution in [0.2, 0.25) is 0 Å². The first kappa shape index (κ1) is 22.6. The van der Waals surface area contributed by atoms with Gasteiger partial charge in [-0.1, -0.05) is 6.07 Å². The number of pyridine rings is 1. The van der Waals surface area contributed by atoms with Gasteiger partial charge in [-0.3, -0.25) is 9.78 Å². The number of alkyl halides is 3. The highest BCUT2D eigenvalue weighted by atomic mass is 19.4. The third-order valence-electron chi connectivity index (χ3n) is 6.37. The highest BCUT2D eigenvalue weighted by molar-refractivity contribution is 5.80. The average molecular weight is 480 g/mol. The molecule has 1 saturated carbocycles. The number of aromatic nitrogens is 7. The monoisotopic (exact) mass is 480 g/mol. The molecule has 1 aliphatic rings. The Hall–Kier alpha value is -4.14. The van der Waals surface area contributed by atoms with Crippen LogP contribution in [0.15, 0.2) is 35.5 Å². The number of hydrogen-bond acceptors (Lipinski definition) is 7. The standard InChI is InChI=1S/C23H19F3N8O/c1-11-8-29-19(30-9-11)14-4-5-15(14)20-31-21-18(22(35)32-20)16(7-27)33-34(21)12(2)13-3-6-17(28-10-13)23(24,25)26/h3,6,8-10,12,14-15H,4-5H2,1-2H3,(H,31,32,35)/t12?,14-,15-/m0/s1. The van der Waals surface area contributed by atoms with E-state index in [0.29, 0.717) is 17.2 Å². The number of nitrogens with one attached hydrogen (secondary N) is 1. The minimum atomic E-state index is -4.56. The minimum absolute atomic E-state index is 0.0143. The van der Waals surface area contributed by atoms with E-state index in [1.54, 1.807) is 19.3 Å². The van der Waals surface area contributed by atoms with Crippen LogP contribution in [0.25, 0.3) is 11.0 Å². The largest absolute Gasteiger partial charge is 0.433 e. The fraction of sp³-hybridized carbons (Fsp3) is 0.348. The normalized spacial score (nSPS) is 18.7. The van der Waals surface area contributed by atoms with Gasteiger partial charge in [0.1, 0.15) is 28.8 Å². The maximum absolute atomic E-state index is 13.0. The minimum Gasteiger partial charge on any atom is -0.310 e. The third kappa shape index (κ3) is 3.92. The lowest BCUT2D eigenvalue weighted by Crippen LogP contribution is -2.28. The van der Waals surface area contributed by atoms with Crippen molar-refractivity contribution >= 4 is 11.0 Å². The molecule has 1 aliphatic carbocycles. The number of rotatable bonds is 4. The molecule has 1 unspecified atom stereocenters. The molecule has 0 bridgehead atoms. The zero-order valence-corrected chi connectivity index (χ0v) is 18.7. The van der Waals surface area contributed by atoms with Crippen LogP contribution >= 0.6 is 0 Å². The number of hydrogen-bond donors (Lipinski definition) is 1. The van der Waals surface area contributed by atoms with E-state index in [1.165, 1.54) is 10.7 Å². The Morgan fingerprint density at radius 3 is 2.43 bits per heavy atom. The number of fused-ring (bicyclic) bond motifs is 1. The highest BCUT2D eigenvalue weighted by Crippen LogP contribution is 2.46. The molecule has 12 heteroatoms. The van der Waals surface area contributed by atoms with E-state index in [9.17, 15) is 23.2 Å². The molecule has 4 aromatic heterocycles. The molecule has 4 heterocycles. The summed E-state index contributed by atoms with van der Waals surface area (Å²) in [6.45, 7) is 3.59. The van der Waals surface area contributed by atoms with Crippen molar-refractivity contribution in [2.24, 2.45) is 0 Å². The van der Waals surface area contributed by atoms with E-state index in [4.69, 9.17) is 0 Å². The molecule has 0 spiro atoms. The van der Waals surface area contributed by atoms with E-state index in [0.717, 1.165) is 30.7 Å². The first-order valence-corrected chi connectivity index (χ1v) is 10.9. The van der Waals surface area contributed by atoms with Crippen molar-refractivity contribution in [1.82, 2.24) is 34.7 Å². The van der Waals surface area contributed by atoms with Gasteiger partial charge in [0.2, 0.25) is 0 Å². The Bertz CT molecular complexity index is 1500.